The van der Waals surface area contributed by atoms with Gasteiger partial charge in [0.2, 0.25) is 0 Å². The Morgan fingerprint density at radius 1 is 1.06 bits per heavy atom. The number of para-hydroxylation sites is 1. The summed E-state index contributed by atoms with van der Waals surface area (Å²) in [5, 5.41) is 17.1. The number of nitro groups is 1. The van der Waals surface area contributed by atoms with Crippen LogP contribution >= 0.6 is 0 Å². The van der Waals surface area contributed by atoms with Gasteiger partial charge in [0.15, 0.2) is 0 Å². The summed E-state index contributed by atoms with van der Waals surface area (Å²) >= 11 is 0. The van der Waals surface area contributed by atoms with Crippen LogP contribution in [-0.4, -0.2) is 47.1 Å². The van der Waals surface area contributed by atoms with Crippen LogP contribution < -0.4 is 15.5 Å². The molecule has 0 bridgehead atoms. The minimum Gasteiger partial charge on any atom is -0.378 e. The third kappa shape index (κ3) is 4.98. The standard InChI is InChI=1S/C22H22N6O4/c1-15-23-20(14-21(24-15)27-10-12-32-13-11-27)25-16-6-8-17(9-7-16)26-22(29)18-4-2-3-5-19(18)28(30)31/h2-9,14H,10-13H2,1H3,(H,26,29)(H,23,24,25). The SMILES string of the molecule is Cc1nc(Nc2ccc(NC(=O)c3ccccc3[N+](=O)[O-])cc2)cc(N2CCOCC2)n1. The average Bonchev–Trinajstić information content (AvgIpc) is 2.80. The summed E-state index contributed by atoms with van der Waals surface area (Å²) in [6.07, 6.45) is 0. The summed E-state index contributed by atoms with van der Waals surface area (Å²) in [7, 11) is 0. The molecule has 10 heteroatoms. The molecule has 0 spiro atoms. The second-order valence-electron chi connectivity index (χ2n) is 7.19. The molecule has 0 unspecified atom stereocenters. The molecule has 0 radical (unpaired) electrons. The van der Waals surface area contributed by atoms with Gasteiger partial charge in [0.1, 0.15) is 23.0 Å². The fraction of sp³-hybridized carbons (Fsp3) is 0.227. The van der Waals surface area contributed by atoms with Gasteiger partial charge in [0.25, 0.3) is 11.6 Å². The average molecular weight is 434 g/mol. The number of nitrogens with zero attached hydrogens (tertiary/aromatic N) is 4. The zero-order chi connectivity index (χ0) is 22.5. The quantitative estimate of drug-likeness (QED) is 0.446. The number of morpholine rings is 1. The Kier molecular flexibility index (Phi) is 6.22. The molecule has 2 heterocycles. The van der Waals surface area contributed by atoms with Crippen LogP contribution in [0.4, 0.5) is 28.7 Å². The Morgan fingerprint density at radius 3 is 2.47 bits per heavy atom. The van der Waals surface area contributed by atoms with E-state index in [1.807, 2.05) is 13.0 Å². The van der Waals surface area contributed by atoms with Crippen LogP contribution in [0.2, 0.25) is 0 Å². The number of aromatic nitrogens is 2. The fourth-order valence-corrected chi connectivity index (χ4v) is 3.38. The van der Waals surface area contributed by atoms with Gasteiger partial charge < -0.3 is 20.3 Å². The third-order valence-corrected chi connectivity index (χ3v) is 4.92. The highest BCUT2D eigenvalue weighted by Crippen LogP contribution is 2.23. The molecule has 2 aromatic carbocycles. The van der Waals surface area contributed by atoms with Crippen molar-refractivity contribution in [2.75, 3.05) is 41.8 Å². The van der Waals surface area contributed by atoms with Gasteiger partial charge in [-0.05, 0) is 37.3 Å². The Balaban J connectivity index is 1.45. The first-order chi connectivity index (χ1) is 15.5. The Morgan fingerprint density at radius 2 is 1.75 bits per heavy atom. The van der Waals surface area contributed by atoms with Gasteiger partial charge in [0, 0.05) is 36.6 Å². The highest BCUT2D eigenvalue weighted by atomic mass is 16.6. The van der Waals surface area contributed by atoms with Crippen LogP contribution in [0.5, 0.6) is 0 Å². The van der Waals surface area contributed by atoms with Gasteiger partial charge in [-0.2, -0.15) is 0 Å². The summed E-state index contributed by atoms with van der Waals surface area (Å²) in [4.78, 5) is 34.2. The number of hydrogen-bond donors (Lipinski definition) is 2. The monoisotopic (exact) mass is 434 g/mol. The highest BCUT2D eigenvalue weighted by Gasteiger charge is 2.19. The molecule has 1 aromatic heterocycles. The summed E-state index contributed by atoms with van der Waals surface area (Å²) in [6.45, 7) is 4.75. The van der Waals surface area contributed by atoms with Gasteiger partial charge in [-0.25, -0.2) is 9.97 Å². The number of nitrogens with one attached hydrogen (secondary N) is 2. The molecule has 3 aromatic rings. The topological polar surface area (TPSA) is 123 Å². The molecule has 164 valence electrons. The van der Waals surface area contributed by atoms with Crippen LogP contribution in [0, 0.1) is 17.0 Å². The predicted octanol–water partition coefficient (Wildman–Crippen LogP) is 3.53. The number of ether oxygens (including phenoxy) is 1. The van der Waals surface area contributed by atoms with Crippen molar-refractivity contribution in [2.24, 2.45) is 0 Å². The number of aryl methyl sites for hydroxylation is 1. The predicted molar refractivity (Wildman–Crippen MR) is 121 cm³/mol. The normalized spacial score (nSPS) is 13.5. The van der Waals surface area contributed by atoms with E-state index in [1.165, 1.54) is 18.2 Å². The van der Waals surface area contributed by atoms with Crippen molar-refractivity contribution in [1.29, 1.82) is 0 Å². The van der Waals surface area contributed by atoms with E-state index in [4.69, 9.17) is 4.74 Å². The maximum Gasteiger partial charge on any atom is 0.282 e. The molecule has 1 amide bonds. The minimum atomic E-state index is -0.573. The molecule has 1 aliphatic rings. The molecule has 2 N–H and O–H groups in total. The molecular weight excluding hydrogens is 412 g/mol. The molecular formula is C22H22N6O4. The number of carbonyl (C=O) groups is 1. The van der Waals surface area contributed by atoms with Crippen molar-refractivity contribution in [2.45, 2.75) is 6.92 Å². The zero-order valence-electron chi connectivity index (χ0n) is 17.4. The van der Waals surface area contributed by atoms with E-state index in [0.29, 0.717) is 30.5 Å². The molecule has 1 fully saturated rings. The number of nitro benzene ring substituents is 1. The lowest BCUT2D eigenvalue weighted by atomic mass is 10.1. The summed E-state index contributed by atoms with van der Waals surface area (Å²) < 4.78 is 5.40. The van der Waals surface area contributed by atoms with Crippen molar-refractivity contribution in [3.63, 3.8) is 0 Å². The maximum absolute atomic E-state index is 12.5. The third-order valence-electron chi connectivity index (χ3n) is 4.92. The maximum atomic E-state index is 12.5. The van der Waals surface area contributed by atoms with E-state index in [2.05, 4.69) is 25.5 Å². The van der Waals surface area contributed by atoms with Gasteiger partial charge >= 0.3 is 0 Å². The van der Waals surface area contributed by atoms with E-state index in [9.17, 15) is 14.9 Å². The molecule has 1 aliphatic heterocycles. The van der Waals surface area contributed by atoms with Crippen LogP contribution in [-0.2, 0) is 4.74 Å². The minimum absolute atomic E-state index is 0.00630. The van der Waals surface area contributed by atoms with E-state index in [-0.39, 0.29) is 11.3 Å². The molecule has 0 aliphatic carbocycles. The van der Waals surface area contributed by atoms with Crippen LogP contribution in [0.15, 0.2) is 54.6 Å². The number of anilines is 4. The lowest BCUT2D eigenvalue weighted by molar-refractivity contribution is -0.385. The largest absolute Gasteiger partial charge is 0.378 e. The van der Waals surface area contributed by atoms with Crippen molar-refractivity contribution in [1.82, 2.24) is 9.97 Å². The van der Waals surface area contributed by atoms with Gasteiger partial charge in [-0.15, -0.1) is 0 Å². The highest BCUT2D eigenvalue weighted by molar-refractivity contribution is 6.07. The first-order valence-corrected chi connectivity index (χ1v) is 10.1. The number of amides is 1. The lowest BCUT2D eigenvalue weighted by Gasteiger charge is -2.28. The Bertz CT molecular complexity index is 1130. The van der Waals surface area contributed by atoms with Gasteiger partial charge in [-0.1, -0.05) is 12.1 Å². The zero-order valence-corrected chi connectivity index (χ0v) is 17.4. The molecule has 1 saturated heterocycles. The summed E-state index contributed by atoms with van der Waals surface area (Å²) in [5.74, 6) is 1.62. The van der Waals surface area contributed by atoms with E-state index < -0.39 is 10.8 Å². The van der Waals surface area contributed by atoms with Crippen molar-refractivity contribution < 1.29 is 14.5 Å². The van der Waals surface area contributed by atoms with Crippen LogP contribution in [0.1, 0.15) is 16.2 Å². The number of benzene rings is 2. The summed E-state index contributed by atoms with van der Waals surface area (Å²) in [5.41, 5.74) is 1.07. The van der Waals surface area contributed by atoms with Crippen LogP contribution in [0.3, 0.4) is 0 Å². The Hall–Kier alpha value is -4.05. The Labute approximate surface area is 184 Å². The van der Waals surface area contributed by atoms with E-state index in [1.54, 1.807) is 30.3 Å². The second kappa shape index (κ2) is 9.40. The fourth-order valence-electron chi connectivity index (χ4n) is 3.38. The number of hydrogen-bond acceptors (Lipinski definition) is 8. The van der Waals surface area contributed by atoms with Crippen molar-refractivity contribution >= 4 is 34.6 Å². The smallest absolute Gasteiger partial charge is 0.282 e. The second-order valence-corrected chi connectivity index (χ2v) is 7.19. The number of rotatable bonds is 6. The molecule has 10 nitrogen and oxygen atoms in total. The van der Waals surface area contributed by atoms with Crippen molar-refractivity contribution in [3.8, 4) is 0 Å². The molecule has 0 saturated carbocycles. The molecule has 0 atom stereocenters. The lowest BCUT2D eigenvalue weighted by Crippen LogP contribution is -2.36. The molecule has 32 heavy (non-hydrogen) atoms. The van der Waals surface area contributed by atoms with Crippen molar-refractivity contribution in [3.05, 3.63) is 76.1 Å². The first kappa shape index (κ1) is 21.2. The van der Waals surface area contributed by atoms with E-state index >= 15 is 0 Å². The van der Waals surface area contributed by atoms with Gasteiger partial charge in [0.05, 0.1) is 18.1 Å². The summed E-state index contributed by atoms with van der Waals surface area (Å²) in [6, 6.07) is 14.7. The first-order valence-electron chi connectivity index (χ1n) is 10.1. The van der Waals surface area contributed by atoms with E-state index in [0.717, 1.165) is 24.6 Å². The molecule has 4 rings (SSSR count). The number of carbonyl (C=O) groups excluding carboxylic acids is 1. The van der Waals surface area contributed by atoms with Gasteiger partial charge in [-0.3, -0.25) is 14.9 Å². The van der Waals surface area contributed by atoms with Crippen LogP contribution in [0.25, 0.3) is 0 Å².